The molecule has 19 heteroatoms. The van der Waals surface area contributed by atoms with Crippen molar-refractivity contribution in [2.24, 2.45) is 0 Å². The first kappa shape index (κ1) is 55.5. The first-order valence-corrected chi connectivity index (χ1v) is 24.1. The monoisotopic (exact) mass is 1130 g/mol. The number of halogens is 9. The maximum absolute atomic E-state index is 9.09. The summed E-state index contributed by atoms with van der Waals surface area (Å²) in [5.74, 6) is 5.23. The van der Waals surface area contributed by atoms with Crippen LogP contribution in [0.2, 0.25) is 20.1 Å². The van der Waals surface area contributed by atoms with Crippen molar-refractivity contribution in [1.29, 1.82) is 0 Å². The molecule has 67 heavy (non-hydrogen) atoms. The summed E-state index contributed by atoms with van der Waals surface area (Å²) in [4.78, 5) is 8.33. The largest absolute Gasteiger partial charge is 0.508 e. The Kier molecular flexibility index (Phi) is 25.1. The molecule has 0 bridgehead atoms. The van der Waals surface area contributed by atoms with Crippen LogP contribution in [-0.2, 0) is 0 Å². The molecule has 2 aromatic heterocycles. The van der Waals surface area contributed by atoms with Crippen molar-refractivity contribution in [2.45, 2.75) is 26.7 Å². The van der Waals surface area contributed by atoms with Gasteiger partial charge in [-0.2, -0.15) is 0 Å². The summed E-state index contributed by atoms with van der Waals surface area (Å²) in [7, 11) is 0. The van der Waals surface area contributed by atoms with Crippen molar-refractivity contribution in [2.75, 3.05) is 38.4 Å². The standard InChI is InChI=1S/C24H21Cl4NO4.C12H11BrCl4O2.C12H11NO2/c1-16-3-8-23(29-15-16)33-18-6-4-17(5-7-18)30-10-2-11-32-24-20(25)13-19(14-21(24)26)31-12-9-22(27)28;13-3-1-4-19-12-9(14)6-8(7-10(12)15)18-5-2-11(16)17;1-9-2-7-12(13-8-9)15-11-5-3-10(14)4-6-11/h3-9,13-15H,2,10-12H2,1H3;2,6-7H,1,3-5H2;2-8,14H,1H3. The molecule has 10 nitrogen and oxygen atoms in total. The summed E-state index contributed by atoms with van der Waals surface area (Å²) in [5, 5.41) is 11.4. The van der Waals surface area contributed by atoms with Crippen molar-refractivity contribution in [3.8, 4) is 57.8 Å². The normalized spacial score (nSPS) is 10.3. The van der Waals surface area contributed by atoms with Crippen LogP contribution < -0.4 is 33.2 Å². The van der Waals surface area contributed by atoms with Crippen molar-refractivity contribution in [3.63, 3.8) is 0 Å². The molecule has 0 saturated carbocycles. The van der Waals surface area contributed by atoms with Gasteiger partial charge in [-0.25, -0.2) is 9.97 Å². The zero-order valence-corrected chi connectivity index (χ0v) is 43.4. The van der Waals surface area contributed by atoms with E-state index < -0.39 is 0 Å². The third-order valence-corrected chi connectivity index (χ3v) is 10.4. The van der Waals surface area contributed by atoms with Crippen LogP contribution in [0.1, 0.15) is 24.0 Å². The van der Waals surface area contributed by atoms with Crippen LogP contribution >= 0.6 is 109 Å². The van der Waals surface area contributed by atoms with E-state index >= 15 is 0 Å². The molecule has 0 aliphatic rings. The van der Waals surface area contributed by atoms with Crippen molar-refractivity contribution in [1.82, 2.24) is 9.97 Å². The van der Waals surface area contributed by atoms with Crippen LogP contribution in [0.3, 0.4) is 0 Å². The van der Waals surface area contributed by atoms with E-state index in [9.17, 15) is 0 Å². The Morgan fingerprint density at radius 3 is 1.28 bits per heavy atom. The Morgan fingerprint density at radius 2 is 0.896 bits per heavy atom. The van der Waals surface area contributed by atoms with Crippen LogP contribution in [0, 0.1) is 13.8 Å². The van der Waals surface area contributed by atoms with Gasteiger partial charge in [0, 0.05) is 60.5 Å². The molecule has 0 saturated heterocycles. The van der Waals surface area contributed by atoms with Crippen molar-refractivity contribution >= 4 is 109 Å². The molecule has 6 rings (SSSR count). The Hall–Kier alpha value is -4.14. The van der Waals surface area contributed by atoms with Crippen LogP contribution in [0.5, 0.6) is 57.8 Å². The fourth-order valence-electron chi connectivity index (χ4n) is 4.96. The second-order valence-electron chi connectivity index (χ2n) is 13.5. The third-order valence-electron chi connectivity index (χ3n) is 8.12. The minimum absolute atomic E-state index is 0.123. The number of hydrogen-bond acceptors (Lipinski definition) is 10. The number of aryl methyl sites for hydroxylation is 2. The van der Waals surface area contributed by atoms with E-state index in [0.717, 1.165) is 28.6 Å². The number of alkyl halides is 1. The number of aromatic nitrogens is 2. The van der Waals surface area contributed by atoms with Crippen molar-refractivity contribution in [3.05, 3.63) is 162 Å². The second kappa shape index (κ2) is 30.4. The summed E-state index contributed by atoms with van der Waals surface area (Å²) in [5.41, 5.74) is 2.17. The molecule has 0 aliphatic heterocycles. The van der Waals surface area contributed by atoms with Gasteiger partial charge in [0.1, 0.15) is 56.7 Å². The summed E-state index contributed by atoms with van der Waals surface area (Å²) >= 11 is 50.1. The van der Waals surface area contributed by atoms with Gasteiger partial charge < -0.3 is 38.3 Å². The molecule has 356 valence electrons. The Labute approximate surface area is 438 Å². The third kappa shape index (κ3) is 21.8. The molecule has 0 radical (unpaired) electrons. The molecule has 0 unspecified atom stereocenters. The number of pyridine rings is 2. The number of hydrogen-bond donors (Lipinski definition) is 1. The van der Waals surface area contributed by atoms with Gasteiger partial charge in [-0.3, -0.25) is 0 Å². The molecular formula is C48H43BrCl8N2O8. The number of nitrogens with zero attached hydrogens (tertiary/aromatic N) is 2. The molecular weight excluding hydrogens is 1100 g/mol. The number of aromatic hydroxyl groups is 1. The Balaban J connectivity index is 0.000000243. The van der Waals surface area contributed by atoms with Crippen LogP contribution in [0.15, 0.2) is 131 Å². The van der Waals surface area contributed by atoms with Gasteiger partial charge in [0.15, 0.2) is 11.5 Å². The summed E-state index contributed by atoms with van der Waals surface area (Å²) in [6.07, 6.45) is 8.03. The van der Waals surface area contributed by atoms with Gasteiger partial charge in [0.2, 0.25) is 11.8 Å². The first-order valence-electron chi connectivity index (χ1n) is 20.0. The molecule has 1 N–H and O–H groups in total. The number of ether oxygens (including phenoxy) is 7. The zero-order valence-electron chi connectivity index (χ0n) is 35.8. The van der Waals surface area contributed by atoms with E-state index in [0.29, 0.717) is 92.6 Å². The number of benzene rings is 4. The van der Waals surface area contributed by atoms with Gasteiger partial charge in [-0.05, 0) is 92.1 Å². The molecule has 0 atom stereocenters. The minimum atomic E-state index is 0.123. The number of rotatable bonds is 20. The molecule has 6 aromatic rings. The molecule has 0 fully saturated rings. The van der Waals surface area contributed by atoms with Gasteiger partial charge in [0.25, 0.3) is 0 Å². The topological polar surface area (TPSA) is 111 Å². The maximum atomic E-state index is 9.09. The van der Waals surface area contributed by atoms with Crippen molar-refractivity contribution < 1.29 is 38.3 Å². The lowest BCUT2D eigenvalue weighted by Gasteiger charge is -2.13. The lowest BCUT2D eigenvalue weighted by molar-refractivity contribution is 0.247. The van der Waals surface area contributed by atoms with Crippen LogP contribution in [-0.4, -0.2) is 53.4 Å². The zero-order chi connectivity index (χ0) is 48.6. The predicted octanol–water partition coefficient (Wildman–Crippen LogP) is 16.8. The molecule has 4 aromatic carbocycles. The summed E-state index contributed by atoms with van der Waals surface area (Å²) in [6.45, 7) is 5.75. The molecule has 0 amide bonds. The SMILES string of the molecule is Cc1ccc(Oc2ccc(O)cc2)nc1.Cc1ccc(Oc2ccc(OCCCOc3c(Cl)cc(OCC=C(Cl)Cl)cc3Cl)cc2)nc1.ClC(Cl)=CCOc1cc(Cl)c(OCCCBr)c(Cl)c1. The highest BCUT2D eigenvalue weighted by Crippen LogP contribution is 2.38. The first-order chi connectivity index (χ1) is 32.2. The van der Waals surface area contributed by atoms with E-state index in [1.807, 2.05) is 62.4 Å². The fourth-order valence-corrected chi connectivity index (χ4v) is 6.59. The predicted molar refractivity (Wildman–Crippen MR) is 276 cm³/mol. The highest BCUT2D eigenvalue weighted by Gasteiger charge is 2.12. The maximum Gasteiger partial charge on any atom is 0.219 e. The highest BCUT2D eigenvalue weighted by molar-refractivity contribution is 9.09. The van der Waals surface area contributed by atoms with Gasteiger partial charge in [-0.1, -0.05) is 121 Å². The average Bonchev–Trinajstić information content (AvgIpc) is 3.28. The highest BCUT2D eigenvalue weighted by atomic mass is 79.9. The second-order valence-corrected chi connectivity index (χ2v) is 17.9. The van der Waals surface area contributed by atoms with E-state index in [1.165, 1.54) is 12.2 Å². The number of phenolic OH excluding ortho intramolecular Hbond substituents is 1. The van der Waals surface area contributed by atoms with Crippen LogP contribution in [0.25, 0.3) is 0 Å². The minimum Gasteiger partial charge on any atom is -0.508 e. The average molecular weight is 1140 g/mol. The van der Waals surface area contributed by atoms with Gasteiger partial charge in [0.05, 0.1) is 39.9 Å². The van der Waals surface area contributed by atoms with E-state index in [1.54, 1.807) is 60.9 Å². The van der Waals surface area contributed by atoms with E-state index in [2.05, 4.69) is 25.9 Å². The fraction of sp³-hybridized carbons (Fsp3) is 0.208. The molecule has 0 spiro atoms. The molecule has 2 heterocycles. The summed E-state index contributed by atoms with van der Waals surface area (Å²) < 4.78 is 39.3. The van der Waals surface area contributed by atoms with E-state index in [4.69, 9.17) is 131 Å². The Morgan fingerprint density at radius 1 is 0.507 bits per heavy atom. The Bertz CT molecular complexity index is 2390. The summed E-state index contributed by atoms with van der Waals surface area (Å²) in [6, 6.07) is 27.9. The molecule has 0 aliphatic carbocycles. The lowest BCUT2D eigenvalue weighted by atomic mass is 10.3. The number of phenols is 1. The van der Waals surface area contributed by atoms with Gasteiger partial charge >= 0.3 is 0 Å². The van der Waals surface area contributed by atoms with Crippen LogP contribution in [0.4, 0.5) is 0 Å². The van der Waals surface area contributed by atoms with E-state index in [-0.39, 0.29) is 27.9 Å². The quantitative estimate of drug-likeness (QED) is 0.0586. The van der Waals surface area contributed by atoms with Gasteiger partial charge in [-0.15, -0.1) is 0 Å². The lowest BCUT2D eigenvalue weighted by Crippen LogP contribution is -2.05. The smallest absolute Gasteiger partial charge is 0.219 e.